The molecule has 0 atom stereocenters. The second-order valence-electron chi connectivity index (χ2n) is 14.4. The third-order valence-electron chi connectivity index (χ3n) is 11.0. The highest BCUT2D eigenvalue weighted by Gasteiger charge is 2.26. The van der Waals surface area contributed by atoms with Crippen LogP contribution in [0.15, 0.2) is 191 Å². The summed E-state index contributed by atoms with van der Waals surface area (Å²) in [6.45, 7) is 0. The standard InChI is InChI=1S/C52H30N4O2/c53-31-45-49-43-27-33-21-23-41(55(37-13-5-1-6-14-37)38-15-7-2-8-16-38)25-35(33)29-47(43)57-51(49)46(32-54)52-50(45)44-28-34-22-24-42(26-36(34)30-48(44)58-52)56(39-17-9-3-10-18-39)40-19-11-4-12-20-40/h1-30H. The first kappa shape index (κ1) is 33.1. The molecule has 11 aromatic rings. The minimum atomic E-state index is 0.268. The van der Waals surface area contributed by atoms with E-state index in [0.29, 0.717) is 38.7 Å². The summed E-state index contributed by atoms with van der Waals surface area (Å²) in [7, 11) is 0. The smallest absolute Gasteiger partial charge is 0.158 e. The molecule has 0 fully saturated rings. The number of fused-ring (bicyclic) bond motifs is 8. The molecule has 0 aliphatic carbocycles. The van der Waals surface area contributed by atoms with E-state index in [0.717, 1.165) is 66.4 Å². The predicted molar refractivity (Wildman–Crippen MR) is 235 cm³/mol. The molecule has 0 aliphatic heterocycles. The summed E-state index contributed by atoms with van der Waals surface area (Å²) >= 11 is 0. The van der Waals surface area contributed by atoms with Crippen molar-refractivity contribution in [1.82, 2.24) is 0 Å². The van der Waals surface area contributed by atoms with E-state index < -0.39 is 0 Å². The number of nitriles is 2. The van der Waals surface area contributed by atoms with Crippen LogP contribution in [0, 0.1) is 22.7 Å². The third kappa shape index (κ3) is 5.18. The summed E-state index contributed by atoms with van der Waals surface area (Å²) in [4.78, 5) is 4.44. The third-order valence-corrected chi connectivity index (χ3v) is 11.0. The van der Waals surface area contributed by atoms with Crippen LogP contribution in [-0.4, -0.2) is 0 Å². The van der Waals surface area contributed by atoms with Crippen molar-refractivity contribution in [3.8, 4) is 12.1 Å². The van der Waals surface area contributed by atoms with Gasteiger partial charge in [-0.2, -0.15) is 10.5 Å². The van der Waals surface area contributed by atoms with E-state index in [-0.39, 0.29) is 5.56 Å². The van der Waals surface area contributed by atoms with Gasteiger partial charge in [0.2, 0.25) is 0 Å². The quantitative estimate of drug-likeness (QED) is 0.169. The lowest BCUT2D eigenvalue weighted by Crippen LogP contribution is -2.09. The van der Waals surface area contributed by atoms with Gasteiger partial charge < -0.3 is 18.6 Å². The Labute approximate surface area is 332 Å². The zero-order valence-corrected chi connectivity index (χ0v) is 30.9. The highest BCUT2D eigenvalue weighted by molar-refractivity contribution is 6.24. The molecule has 0 radical (unpaired) electrons. The molecule has 0 bridgehead atoms. The van der Waals surface area contributed by atoms with Crippen LogP contribution in [0.1, 0.15) is 11.1 Å². The average Bonchev–Trinajstić information content (AvgIpc) is 3.83. The molecular formula is C52H30N4O2. The molecular weight excluding hydrogens is 713 g/mol. The van der Waals surface area contributed by atoms with Crippen LogP contribution in [-0.2, 0) is 0 Å². The number of hydrogen-bond acceptors (Lipinski definition) is 6. The van der Waals surface area contributed by atoms with Crippen LogP contribution in [0.25, 0.3) is 65.4 Å². The van der Waals surface area contributed by atoms with E-state index in [9.17, 15) is 10.5 Å². The van der Waals surface area contributed by atoms with Crippen molar-refractivity contribution < 1.29 is 8.83 Å². The molecule has 0 spiro atoms. The van der Waals surface area contributed by atoms with E-state index in [1.165, 1.54) is 0 Å². The Morgan fingerprint density at radius 1 is 0.345 bits per heavy atom. The van der Waals surface area contributed by atoms with Gasteiger partial charge in [0.25, 0.3) is 0 Å². The van der Waals surface area contributed by atoms with Gasteiger partial charge in [0, 0.05) is 55.7 Å². The van der Waals surface area contributed by atoms with Gasteiger partial charge in [-0.15, -0.1) is 0 Å². The van der Waals surface area contributed by atoms with E-state index in [4.69, 9.17) is 8.83 Å². The van der Waals surface area contributed by atoms with Crippen LogP contribution in [0.5, 0.6) is 0 Å². The Morgan fingerprint density at radius 3 is 1.05 bits per heavy atom. The molecule has 6 nitrogen and oxygen atoms in total. The van der Waals surface area contributed by atoms with E-state index in [1.54, 1.807) is 0 Å². The lowest BCUT2D eigenvalue weighted by Gasteiger charge is -2.25. The number of anilines is 6. The largest absolute Gasteiger partial charge is 0.454 e. The molecule has 2 aromatic heterocycles. The van der Waals surface area contributed by atoms with Crippen LogP contribution < -0.4 is 9.80 Å². The second-order valence-corrected chi connectivity index (χ2v) is 14.4. The molecule has 6 heteroatoms. The van der Waals surface area contributed by atoms with Crippen LogP contribution >= 0.6 is 0 Å². The van der Waals surface area contributed by atoms with Gasteiger partial charge in [-0.25, -0.2) is 0 Å². The SMILES string of the molecule is N#Cc1c2oc3cc4cc(N(c5ccccc5)c5ccccc5)ccc4cc3c2c(C#N)c2c1oc1cc3cc(N(c4ccccc4)c4ccccc4)ccc3cc12. The van der Waals surface area contributed by atoms with Crippen molar-refractivity contribution in [2.24, 2.45) is 0 Å². The van der Waals surface area contributed by atoms with Crippen molar-refractivity contribution in [1.29, 1.82) is 10.5 Å². The molecule has 11 rings (SSSR count). The number of nitrogens with zero attached hydrogens (tertiary/aromatic N) is 4. The lowest BCUT2D eigenvalue weighted by molar-refractivity contribution is 0.654. The van der Waals surface area contributed by atoms with Gasteiger partial charge in [-0.05, 0) is 119 Å². The zero-order valence-electron chi connectivity index (χ0n) is 30.9. The summed E-state index contributed by atoms with van der Waals surface area (Å²) in [5.74, 6) is 0. The Hall–Kier alpha value is -8.32. The van der Waals surface area contributed by atoms with Gasteiger partial charge in [0.15, 0.2) is 11.2 Å². The fourth-order valence-corrected chi connectivity index (χ4v) is 8.43. The van der Waals surface area contributed by atoms with Gasteiger partial charge >= 0.3 is 0 Å². The topological polar surface area (TPSA) is 80.3 Å². The van der Waals surface area contributed by atoms with Gasteiger partial charge in [0.1, 0.15) is 28.9 Å². The van der Waals surface area contributed by atoms with Crippen molar-refractivity contribution in [2.75, 3.05) is 9.80 Å². The Bertz CT molecular complexity index is 3170. The first-order chi connectivity index (χ1) is 28.7. The molecule has 0 amide bonds. The molecule has 0 N–H and O–H groups in total. The second kappa shape index (κ2) is 13.2. The minimum absolute atomic E-state index is 0.268. The normalized spacial score (nSPS) is 11.4. The van der Waals surface area contributed by atoms with Crippen molar-refractivity contribution in [3.05, 3.63) is 193 Å². The maximum atomic E-state index is 10.9. The zero-order chi connectivity index (χ0) is 38.7. The average molecular weight is 743 g/mol. The van der Waals surface area contributed by atoms with Gasteiger partial charge in [-0.1, -0.05) is 84.9 Å². The monoisotopic (exact) mass is 742 g/mol. The van der Waals surface area contributed by atoms with Crippen LogP contribution in [0.4, 0.5) is 34.1 Å². The van der Waals surface area contributed by atoms with Gasteiger partial charge in [-0.3, -0.25) is 0 Å². The number of rotatable bonds is 6. The Kier molecular flexibility index (Phi) is 7.50. The number of furan rings is 2. The van der Waals surface area contributed by atoms with Crippen molar-refractivity contribution in [3.63, 3.8) is 0 Å². The highest BCUT2D eigenvalue weighted by atomic mass is 16.3. The van der Waals surface area contributed by atoms with Crippen molar-refractivity contribution >= 4 is 99.5 Å². The van der Waals surface area contributed by atoms with E-state index in [2.05, 4.69) is 119 Å². The molecule has 0 saturated carbocycles. The summed E-state index contributed by atoms with van der Waals surface area (Å²) in [6, 6.07) is 66.8. The first-order valence-electron chi connectivity index (χ1n) is 19.0. The van der Waals surface area contributed by atoms with Gasteiger partial charge in [0.05, 0.1) is 5.56 Å². The Morgan fingerprint density at radius 2 is 0.707 bits per heavy atom. The molecule has 0 saturated heterocycles. The van der Waals surface area contributed by atoms with Crippen molar-refractivity contribution in [2.45, 2.75) is 0 Å². The molecule has 58 heavy (non-hydrogen) atoms. The number of para-hydroxylation sites is 4. The maximum Gasteiger partial charge on any atom is 0.158 e. The summed E-state index contributed by atoms with van der Waals surface area (Å²) in [5, 5.41) is 28.3. The number of hydrogen-bond donors (Lipinski definition) is 0. The Balaban J connectivity index is 1.09. The van der Waals surface area contributed by atoms with E-state index >= 15 is 0 Å². The molecule has 0 aliphatic rings. The molecule has 2 heterocycles. The maximum absolute atomic E-state index is 10.9. The van der Waals surface area contributed by atoms with Crippen LogP contribution in [0.3, 0.4) is 0 Å². The summed E-state index contributed by atoms with van der Waals surface area (Å²) in [5.41, 5.74) is 8.72. The highest BCUT2D eigenvalue weighted by Crippen LogP contribution is 2.46. The fraction of sp³-hybridized carbons (Fsp3) is 0. The molecule has 9 aromatic carbocycles. The summed E-state index contributed by atoms with van der Waals surface area (Å²) in [6.07, 6.45) is 0. The minimum Gasteiger partial charge on any atom is -0.454 e. The number of benzene rings is 9. The fourth-order valence-electron chi connectivity index (χ4n) is 8.43. The molecule has 0 unspecified atom stereocenters. The van der Waals surface area contributed by atoms with E-state index in [1.807, 2.05) is 84.9 Å². The summed E-state index contributed by atoms with van der Waals surface area (Å²) < 4.78 is 13.1. The molecule has 270 valence electrons. The predicted octanol–water partition coefficient (Wildman–Crippen LogP) is 14.5. The first-order valence-corrected chi connectivity index (χ1v) is 19.0. The lowest BCUT2D eigenvalue weighted by atomic mass is 9.96. The van der Waals surface area contributed by atoms with Crippen LogP contribution in [0.2, 0.25) is 0 Å².